The van der Waals surface area contributed by atoms with E-state index in [0.29, 0.717) is 11.4 Å². The molecule has 0 aromatic heterocycles. The van der Waals surface area contributed by atoms with Crippen LogP contribution < -0.4 is 14.5 Å². The molecule has 1 fully saturated rings. The van der Waals surface area contributed by atoms with Crippen molar-refractivity contribution in [2.24, 2.45) is 0 Å². The monoisotopic (exact) mass is 389 g/mol. The van der Waals surface area contributed by atoms with Gasteiger partial charge in [-0.15, -0.1) is 0 Å². The fourth-order valence-corrected chi connectivity index (χ4v) is 4.37. The first kappa shape index (κ1) is 18.2. The molecule has 4 rings (SSSR count). The van der Waals surface area contributed by atoms with Gasteiger partial charge in [0.1, 0.15) is 17.5 Å². The maximum absolute atomic E-state index is 12.3. The normalized spacial score (nSPS) is 21.3. The summed E-state index contributed by atoms with van der Waals surface area (Å²) in [6, 6.07) is 12.7. The Balaban J connectivity index is 1.83. The van der Waals surface area contributed by atoms with Crippen molar-refractivity contribution in [2.75, 3.05) is 32.8 Å². The average molecular weight is 389 g/mol. The third kappa shape index (κ3) is 3.29. The van der Waals surface area contributed by atoms with Crippen LogP contribution in [0.2, 0.25) is 0 Å². The van der Waals surface area contributed by atoms with Crippen LogP contribution in [0.15, 0.2) is 47.4 Å². The smallest absolute Gasteiger partial charge is 0.240 e. The van der Waals surface area contributed by atoms with Crippen molar-refractivity contribution in [3.05, 3.63) is 48.0 Å². The summed E-state index contributed by atoms with van der Waals surface area (Å²) in [4.78, 5) is 8.50. The molecular formula is C19H23N3O4S. The standard InChI is InChI=1S/C19H23N3O4S/c1-20-27(23,24)14-8-9-19-17(11-14)22-16(10-13(26-22)12-21(2)3)15-6-4-5-7-18(15)25-19/h4-9,11,13,16,20H,10,12H2,1-3H3. The van der Waals surface area contributed by atoms with E-state index in [9.17, 15) is 8.42 Å². The second-order valence-electron chi connectivity index (χ2n) is 7.04. The predicted octanol–water partition coefficient (Wildman–Crippen LogP) is 2.51. The summed E-state index contributed by atoms with van der Waals surface area (Å²) in [7, 11) is 1.85. The number of fused-ring (bicyclic) bond motifs is 5. The van der Waals surface area contributed by atoms with Crippen LogP contribution in [0.25, 0.3) is 0 Å². The molecule has 2 heterocycles. The Kier molecular flexibility index (Phi) is 4.59. The minimum Gasteiger partial charge on any atom is -0.455 e. The lowest BCUT2D eigenvalue weighted by molar-refractivity contribution is 0.0648. The Morgan fingerprint density at radius 3 is 2.70 bits per heavy atom. The van der Waals surface area contributed by atoms with E-state index in [1.54, 1.807) is 18.2 Å². The van der Waals surface area contributed by atoms with Gasteiger partial charge in [-0.2, -0.15) is 0 Å². The van der Waals surface area contributed by atoms with Crippen LogP contribution in [0, 0.1) is 0 Å². The average Bonchev–Trinajstić information content (AvgIpc) is 2.99. The number of hydrogen-bond donors (Lipinski definition) is 1. The number of sulfonamides is 1. The second-order valence-corrected chi connectivity index (χ2v) is 8.93. The summed E-state index contributed by atoms with van der Waals surface area (Å²) in [6.07, 6.45) is 0.801. The number of rotatable bonds is 4. The Bertz CT molecular complexity index is 961. The molecule has 0 saturated carbocycles. The van der Waals surface area contributed by atoms with Gasteiger partial charge in [0.15, 0.2) is 5.75 Å². The van der Waals surface area contributed by atoms with E-state index in [0.717, 1.165) is 24.3 Å². The number of nitrogens with one attached hydrogen (secondary N) is 1. The summed E-state index contributed by atoms with van der Waals surface area (Å²) in [5.41, 5.74) is 1.65. The van der Waals surface area contributed by atoms with E-state index in [1.807, 2.05) is 43.4 Å². The lowest BCUT2D eigenvalue weighted by Gasteiger charge is -2.24. The topological polar surface area (TPSA) is 71.1 Å². The Morgan fingerprint density at radius 2 is 1.96 bits per heavy atom. The molecule has 1 N–H and O–H groups in total. The van der Waals surface area contributed by atoms with Gasteiger partial charge in [-0.3, -0.25) is 4.84 Å². The van der Waals surface area contributed by atoms with Gasteiger partial charge < -0.3 is 9.64 Å². The molecule has 0 spiro atoms. The number of ether oxygens (including phenoxy) is 1. The third-order valence-electron chi connectivity index (χ3n) is 4.85. The van der Waals surface area contributed by atoms with E-state index in [2.05, 4.69) is 9.62 Å². The first-order chi connectivity index (χ1) is 12.9. The molecule has 7 nitrogen and oxygen atoms in total. The molecular weight excluding hydrogens is 366 g/mol. The SMILES string of the molecule is CNS(=O)(=O)c1ccc2c(c1)N1OC(CN(C)C)CC1c1ccccc1O2. The van der Waals surface area contributed by atoms with Gasteiger partial charge in [0.05, 0.1) is 10.9 Å². The fourth-order valence-electron chi connectivity index (χ4n) is 3.62. The number of hydroxylamine groups is 1. The van der Waals surface area contributed by atoms with Gasteiger partial charge in [0.2, 0.25) is 10.0 Å². The van der Waals surface area contributed by atoms with Gasteiger partial charge >= 0.3 is 0 Å². The number of benzene rings is 2. The number of likely N-dealkylation sites (N-methyl/N-ethyl adjacent to an activating group) is 1. The summed E-state index contributed by atoms with van der Waals surface area (Å²) >= 11 is 0. The first-order valence-corrected chi connectivity index (χ1v) is 10.3. The maximum Gasteiger partial charge on any atom is 0.240 e. The van der Waals surface area contributed by atoms with Crippen LogP contribution in [-0.4, -0.2) is 47.1 Å². The third-order valence-corrected chi connectivity index (χ3v) is 6.26. The van der Waals surface area contributed by atoms with Gasteiger partial charge in [0, 0.05) is 18.5 Å². The highest BCUT2D eigenvalue weighted by molar-refractivity contribution is 7.89. The van der Waals surface area contributed by atoms with Gasteiger partial charge in [-0.05, 0) is 45.4 Å². The lowest BCUT2D eigenvalue weighted by atomic mass is 10.0. The van der Waals surface area contributed by atoms with Crippen LogP contribution in [0.1, 0.15) is 18.0 Å². The van der Waals surface area contributed by atoms with E-state index >= 15 is 0 Å². The first-order valence-electron chi connectivity index (χ1n) is 8.84. The molecule has 2 aliphatic rings. The van der Waals surface area contributed by atoms with Crippen molar-refractivity contribution in [3.63, 3.8) is 0 Å². The van der Waals surface area contributed by atoms with Crippen LogP contribution in [0.5, 0.6) is 11.5 Å². The Morgan fingerprint density at radius 1 is 1.19 bits per heavy atom. The summed E-state index contributed by atoms with van der Waals surface area (Å²) in [5.74, 6) is 1.34. The van der Waals surface area contributed by atoms with Gasteiger partial charge in [-0.25, -0.2) is 18.2 Å². The van der Waals surface area contributed by atoms with Crippen molar-refractivity contribution in [3.8, 4) is 11.5 Å². The van der Waals surface area contributed by atoms with Crippen LogP contribution >= 0.6 is 0 Å². The Hall–Kier alpha value is -2.13. The molecule has 2 aliphatic heterocycles. The van der Waals surface area contributed by atoms with Crippen LogP contribution in [-0.2, 0) is 14.9 Å². The molecule has 0 aliphatic carbocycles. The molecule has 27 heavy (non-hydrogen) atoms. The zero-order chi connectivity index (χ0) is 19.2. The fraction of sp³-hybridized carbons (Fsp3) is 0.368. The van der Waals surface area contributed by atoms with Crippen molar-refractivity contribution >= 4 is 15.7 Å². The summed E-state index contributed by atoms with van der Waals surface area (Å²) in [5, 5.41) is 1.81. The van der Waals surface area contributed by atoms with Crippen molar-refractivity contribution in [1.29, 1.82) is 0 Å². The number of anilines is 1. The highest BCUT2D eigenvalue weighted by Crippen LogP contribution is 2.49. The minimum atomic E-state index is -3.57. The molecule has 2 atom stereocenters. The van der Waals surface area contributed by atoms with E-state index in [1.165, 1.54) is 7.05 Å². The second kappa shape index (κ2) is 6.79. The lowest BCUT2D eigenvalue weighted by Crippen LogP contribution is -2.28. The molecule has 8 heteroatoms. The number of para-hydroxylation sites is 1. The van der Waals surface area contributed by atoms with Gasteiger partial charge in [-0.1, -0.05) is 18.2 Å². The highest BCUT2D eigenvalue weighted by atomic mass is 32.2. The zero-order valence-corrected chi connectivity index (χ0v) is 16.4. The number of nitrogens with zero attached hydrogens (tertiary/aromatic N) is 2. The quantitative estimate of drug-likeness (QED) is 0.866. The Labute approximate surface area is 159 Å². The zero-order valence-electron chi connectivity index (χ0n) is 15.5. The minimum absolute atomic E-state index is 0.00793. The maximum atomic E-state index is 12.3. The largest absolute Gasteiger partial charge is 0.455 e. The summed E-state index contributed by atoms with van der Waals surface area (Å²) < 4.78 is 33.0. The van der Waals surface area contributed by atoms with Gasteiger partial charge in [0.25, 0.3) is 0 Å². The van der Waals surface area contributed by atoms with E-state index in [4.69, 9.17) is 9.57 Å². The molecule has 1 saturated heterocycles. The van der Waals surface area contributed by atoms with Crippen molar-refractivity contribution in [1.82, 2.24) is 9.62 Å². The molecule has 144 valence electrons. The number of hydrogen-bond acceptors (Lipinski definition) is 6. The molecule has 0 bridgehead atoms. The molecule has 2 aromatic rings. The molecule has 0 amide bonds. The van der Waals surface area contributed by atoms with Crippen LogP contribution in [0.3, 0.4) is 0 Å². The molecule has 2 unspecified atom stereocenters. The molecule has 0 radical (unpaired) electrons. The summed E-state index contributed by atoms with van der Waals surface area (Å²) in [6.45, 7) is 0.778. The van der Waals surface area contributed by atoms with E-state index in [-0.39, 0.29) is 17.0 Å². The van der Waals surface area contributed by atoms with Crippen molar-refractivity contribution < 1.29 is 18.0 Å². The highest BCUT2D eigenvalue weighted by Gasteiger charge is 2.40. The van der Waals surface area contributed by atoms with E-state index < -0.39 is 10.0 Å². The van der Waals surface area contributed by atoms with Crippen LogP contribution in [0.4, 0.5) is 5.69 Å². The molecule has 2 aromatic carbocycles. The predicted molar refractivity (Wildman–Crippen MR) is 102 cm³/mol. The van der Waals surface area contributed by atoms with Crippen molar-refractivity contribution in [2.45, 2.75) is 23.5 Å².